The summed E-state index contributed by atoms with van der Waals surface area (Å²) in [5.41, 5.74) is 0.836. The molecule has 0 heterocycles. The van der Waals surface area contributed by atoms with Gasteiger partial charge in [-0.05, 0) is 48.8 Å². The Hall–Kier alpha value is -1.21. The van der Waals surface area contributed by atoms with Gasteiger partial charge in [-0.25, -0.2) is 0 Å². The third kappa shape index (κ3) is 4.72. The van der Waals surface area contributed by atoms with Crippen LogP contribution >= 0.6 is 28.6 Å². The van der Waals surface area contributed by atoms with Crippen LogP contribution in [0.2, 0.25) is 0 Å². The van der Waals surface area contributed by atoms with Gasteiger partial charge in [0, 0.05) is 15.2 Å². The molecule has 108 valence electrons. The molecule has 0 saturated carbocycles. The van der Waals surface area contributed by atoms with Crippen LogP contribution in [0.3, 0.4) is 0 Å². The van der Waals surface area contributed by atoms with E-state index in [1.54, 1.807) is 6.07 Å². The van der Waals surface area contributed by atoms with E-state index in [9.17, 15) is 19.6 Å². The number of carboxylic acids is 1. The lowest BCUT2D eigenvalue weighted by molar-refractivity contribution is -0.141. The van der Waals surface area contributed by atoms with Crippen molar-refractivity contribution >= 4 is 40.4 Å². The van der Waals surface area contributed by atoms with Crippen molar-refractivity contribution in [1.82, 2.24) is 0 Å². The van der Waals surface area contributed by atoms with Gasteiger partial charge in [0.15, 0.2) is 0 Å². The van der Waals surface area contributed by atoms with Gasteiger partial charge in [-0.2, -0.15) is 12.6 Å². The molecule has 0 aliphatic heterocycles. The van der Waals surface area contributed by atoms with E-state index in [0.717, 1.165) is 0 Å². The number of hydrogen-bond donors (Lipinski definition) is 2. The molecule has 0 saturated heterocycles. The van der Waals surface area contributed by atoms with Crippen LogP contribution in [0, 0.1) is 10.8 Å². The van der Waals surface area contributed by atoms with E-state index >= 15 is 0 Å². The molecule has 0 fully saturated rings. The third-order valence-corrected chi connectivity index (χ3v) is 3.99. The number of thiol groups is 1. The van der Waals surface area contributed by atoms with Crippen molar-refractivity contribution < 1.29 is 14.7 Å². The van der Waals surface area contributed by atoms with Crippen LogP contribution in [0.5, 0.6) is 0 Å². The largest absolute Gasteiger partial charge is 0.481 e. The number of halogens is 1. The molecule has 7 heteroatoms. The number of benzene rings is 1. The summed E-state index contributed by atoms with van der Waals surface area (Å²) in [5.74, 6) is -1.67. The summed E-state index contributed by atoms with van der Waals surface area (Å²) in [6, 6.07) is 4.59. The number of carboxylic acid groups (broad SMARTS) is 1. The van der Waals surface area contributed by atoms with Crippen molar-refractivity contribution in [3.63, 3.8) is 0 Å². The number of nitrogens with zero attached hydrogens (tertiary/aromatic N) is 1. The van der Waals surface area contributed by atoms with Gasteiger partial charge in [-0.3, -0.25) is 9.59 Å². The monoisotopic (exact) mass is 359 g/mol. The van der Waals surface area contributed by atoms with Crippen molar-refractivity contribution in [2.75, 3.05) is 5.75 Å². The minimum atomic E-state index is -0.885. The molecule has 0 aromatic heterocycles. The number of aliphatic carboxylic acids is 1. The van der Waals surface area contributed by atoms with Crippen molar-refractivity contribution in [3.8, 4) is 0 Å². The van der Waals surface area contributed by atoms with Gasteiger partial charge in [0.05, 0.1) is 5.92 Å². The summed E-state index contributed by atoms with van der Waals surface area (Å²) in [7, 11) is 0. The average Bonchev–Trinajstić information content (AvgIpc) is 2.44. The summed E-state index contributed by atoms with van der Waals surface area (Å²) < 4.78 is 0.706. The van der Waals surface area contributed by atoms with Gasteiger partial charge in [0.2, 0.25) is 0 Å². The Morgan fingerprint density at radius 1 is 1.40 bits per heavy atom. The molecule has 1 aromatic carbocycles. The molecule has 20 heavy (non-hydrogen) atoms. The maximum atomic E-state index is 11.2. The summed E-state index contributed by atoms with van der Waals surface area (Å²) in [5, 5.41) is 11.6. The molecule has 0 aliphatic carbocycles. The van der Waals surface area contributed by atoms with Gasteiger partial charge in [-0.15, -0.1) is 4.91 Å². The molecule has 0 bridgehead atoms. The second-order valence-corrected chi connectivity index (χ2v) is 5.61. The van der Waals surface area contributed by atoms with E-state index in [0.29, 0.717) is 28.6 Å². The molecule has 1 unspecified atom stereocenters. The lowest BCUT2D eigenvalue weighted by atomic mass is 9.94. The molecule has 5 nitrogen and oxygen atoms in total. The first kappa shape index (κ1) is 16.8. The Balaban J connectivity index is 2.96. The Labute approximate surface area is 130 Å². The summed E-state index contributed by atoms with van der Waals surface area (Å²) in [6.45, 7) is 0. The van der Waals surface area contributed by atoms with Crippen LogP contribution in [0.25, 0.3) is 0 Å². The fourth-order valence-corrected chi connectivity index (χ4v) is 2.42. The zero-order chi connectivity index (χ0) is 15.1. The first-order valence-electron chi connectivity index (χ1n) is 5.99. The fraction of sp³-hybridized carbons (Fsp3) is 0.385. The van der Waals surface area contributed by atoms with Crippen molar-refractivity contribution in [1.29, 1.82) is 0 Å². The van der Waals surface area contributed by atoms with Crippen LogP contribution < -0.4 is 0 Å². The molecule has 0 radical (unpaired) electrons. The number of rotatable bonds is 7. The van der Waals surface area contributed by atoms with E-state index < -0.39 is 17.8 Å². The van der Waals surface area contributed by atoms with E-state index in [1.165, 1.54) is 12.1 Å². The molecule has 1 amide bonds. The van der Waals surface area contributed by atoms with Gasteiger partial charge >= 0.3 is 11.9 Å². The Morgan fingerprint density at radius 2 is 2.10 bits per heavy atom. The highest BCUT2D eigenvalue weighted by Gasteiger charge is 2.19. The third-order valence-electron chi connectivity index (χ3n) is 2.90. The highest BCUT2D eigenvalue weighted by atomic mass is 79.9. The highest BCUT2D eigenvalue weighted by Crippen LogP contribution is 2.24. The Bertz CT molecular complexity index is 521. The minimum Gasteiger partial charge on any atom is -0.481 e. The number of carbonyl (C=O) groups is 2. The van der Waals surface area contributed by atoms with Crippen LogP contribution in [-0.4, -0.2) is 22.7 Å². The quantitative estimate of drug-likeness (QED) is 0.577. The predicted molar refractivity (Wildman–Crippen MR) is 82.2 cm³/mol. The summed E-state index contributed by atoms with van der Waals surface area (Å²) in [6.07, 6.45) is 1.49. The lowest BCUT2D eigenvalue weighted by Gasteiger charge is -2.13. The Kier molecular flexibility index (Phi) is 6.87. The maximum Gasteiger partial charge on any atom is 0.316 e. The molecule has 0 aliphatic rings. The summed E-state index contributed by atoms with van der Waals surface area (Å²) in [4.78, 5) is 32.7. The molecule has 1 atom stereocenters. The maximum absolute atomic E-state index is 11.2. The highest BCUT2D eigenvalue weighted by molar-refractivity contribution is 9.10. The van der Waals surface area contributed by atoms with E-state index in [2.05, 4.69) is 33.7 Å². The smallest absolute Gasteiger partial charge is 0.316 e. The molecular formula is C13H14BrNO4S. The first-order valence-corrected chi connectivity index (χ1v) is 7.42. The topological polar surface area (TPSA) is 83.8 Å². The molecule has 1 rings (SSSR count). The zero-order valence-electron chi connectivity index (χ0n) is 10.6. The second kappa shape index (κ2) is 8.16. The van der Waals surface area contributed by atoms with Crippen molar-refractivity contribution in [2.45, 2.75) is 19.3 Å². The SMILES string of the molecule is O=NC(=O)c1ccc(Br)c(CC(CCCS)C(=O)O)c1. The number of hydrogen-bond acceptors (Lipinski definition) is 4. The molecular weight excluding hydrogens is 346 g/mol. The van der Waals surface area contributed by atoms with E-state index in [1.807, 2.05) is 0 Å². The molecule has 1 aromatic rings. The predicted octanol–water partition coefficient (Wildman–Crippen LogP) is 3.31. The Morgan fingerprint density at radius 3 is 2.65 bits per heavy atom. The van der Waals surface area contributed by atoms with Crippen molar-refractivity contribution in [2.24, 2.45) is 11.1 Å². The van der Waals surface area contributed by atoms with Gasteiger partial charge in [0.1, 0.15) is 0 Å². The number of nitroso groups, excluding NO2 is 1. The van der Waals surface area contributed by atoms with Crippen LogP contribution in [-0.2, 0) is 11.2 Å². The van der Waals surface area contributed by atoms with Crippen LogP contribution in [0.1, 0.15) is 28.8 Å². The van der Waals surface area contributed by atoms with E-state index in [4.69, 9.17) is 0 Å². The molecule has 1 N–H and O–H groups in total. The number of carbonyl (C=O) groups excluding carboxylic acids is 1. The van der Waals surface area contributed by atoms with Crippen molar-refractivity contribution in [3.05, 3.63) is 38.7 Å². The van der Waals surface area contributed by atoms with Crippen LogP contribution in [0.4, 0.5) is 0 Å². The van der Waals surface area contributed by atoms with E-state index in [-0.39, 0.29) is 12.0 Å². The van der Waals surface area contributed by atoms with Crippen LogP contribution in [0.15, 0.2) is 27.8 Å². The zero-order valence-corrected chi connectivity index (χ0v) is 13.1. The second-order valence-electron chi connectivity index (χ2n) is 4.31. The summed E-state index contributed by atoms with van der Waals surface area (Å²) >= 11 is 7.39. The first-order chi connectivity index (χ1) is 9.49. The standard InChI is InChI=1S/C13H14BrNO4S/c14-11-4-3-8(12(16)15-19)6-10(11)7-9(13(17)18)2-1-5-20/h3-4,6,9,20H,1-2,5,7H2,(H,17,18). The fourth-order valence-electron chi connectivity index (χ4n) is 1.83. The minimum absolute atomic E-state index is 0.163. The normalized spacial score (nSPS) is 11.9. The van der Waals surface area contributed by atoms with Gasteiger partial charge in [0.25, 0.3) is 0 Å². The molecule has 0 spiro atoms. The van der Waals surface area contributed by atoms with Gasteiger partial charge in [-0.1, -0.05) is 15.9 Å². The lowest BCUT2D eigenvalue weighted by Crippen LogP contribution is -2.17. The number of amides is 1. The average molecular weight is 360 g/mol. The van der Waals surface area contributed by atoms with Gasteiger partial charge < -0.3 is 5.11 Å².